The van der Waals surface area contributed by atoms with E-state index in [0.29, 0.717) is 0 Å². The predicted molar refractivity (Wildman–Crippen MR) is 60.8 cm³/mol. The van der Waals surface area contributed by atoms with Crippen LogP contribution in [0.4, 0.5) is 0 Å². The Morgan fingerprint density at radius 3 is 2.39 bits per heavy atom. The van der Waals surface area contributed by atoms with Crippen molar-refractivity contribution in [2.24, 2.45) is 0 Å². The van der Waals surface area contributed by atoms with Crippen LogP contribution in [0.15, 0.2) is 24.3 Å². The number of ether oxygens (including phenoxy) is 1. The molecule has 0 amide bonds. The molecule has 1 aromatic carbocycles. The summed E-state index contributed by atoms with van der Waals surface area (Å²) in [6, 6.07) is 5.21. The largest absolute Gasteiger partial charge is 0.478 e. The summed E-state index contributed by atoms with van der Waals surface area (Å²) in [5.41, 5.74) is -0.0583. The van der Waals surface area contributed by atoms with Crippen LogP contribution in [-0.4, -0.2) is 39.1 Å². The van der Waals surface area contributed by atoms with Gasteiger partial charge in [0, 0.05) is 6.92 Å². The third-order valence-corrected chi connectivity index (χ3v) is 2.28. The second kappa shape index (κ2) is 5.16. The number of esters is 1. The summed E-state index contributed by atoms with van der Waals surface area (Å²) in [4.78, 5) is 22.3. The highest BCUT2D eigenvalue weighted by atomic mass is 16.6. The summed E-state index contributed by atoms with van der Waals surface area (Å²) in [7, 11) is 0. The molecule has 0 bridgehead atoms. The zero-order valence-corrected chi connectivity index (χ0v) is 9.66. The monoisotopic (exact) mass is 253 g/mol. The van der Waals surface area contributed by atoms with Gasteiger partial charge in [-0.3, -0.25) is 0 Å². The lowest BCUT2D eigenvalue weighted by molar-refractivity contribution is -0.186. The highest BCUT2D eigenvalue weighted by Crippen LogP contribution is 2.13. The zero-order valence-electron chi connectivity index (χ0n) is 9.66. The van der Waals surface area contributed by atoms with E-state index in [9.17, 15) is 9.59 Å². The van der Waals surface area contributed by atoms with E-state index < -0.39 is 23.8 Å². The van der Waals surface area contributed by atoms with Gasteiger partial charge < -0.3 is 20.1 Å². The maximum absolute atomic E-state index is 11.6. The molecular weight excluding hydrogens is 240 g/mol. The SMILES string of the molecule is [CH2]C(O)(O)C(C)OC(=O)c1cccc(C(=O)O)c1. The highest BCUT2D eigenvalue weighted by molar-refractivity contribution is 5.94. The van der Waals surface area contributed by atoms with Gasteiger partial charge in [0.25, 0.3) is 0 Å². The Morgan fingerprint density at radius 1 is 1.33 bits per heavy atom. The van der Waals surface area contributed by atoms with Crippen LogP contribution in [0.1, 0.15) is 27.6 Å². The molecule has 6 heteroatoms. The van der Waals surface area contributed by atoms with Crippen LogP contribution in [0.5, 0.6) is 0 Å². The normalized spacial score (nSPS) is 12.9. The zero-order chi connectivity index (χ0) is 13.9. The molecule has 1 radical (unpaired) electrons. The van der Waals surface area contributed by atoms with E-state index in [2.05, 4.69) is 6.92 Å². The van der Waals surface area contributed by atoms with E-state index in [-0.39, 0.29) is 11.1 Å². The van der Waals surface area contributed by atoms with Gasteiger partial charge in [-0.1, -0.05) is 6.07 Å². The van der Waals surface area contributed by atoms with Crippen LogP contribution < -0.4 is 0 Å². The third-order valence-electron chi connectivity index (χ3n) is 2.28. The molecule has 0 saturated heterocycles. The van der Waals surface area contributed by atoms with Crippen molar-refractivity contribution in [3.63, 3.8) is 0 Å². The molecular formula is C12H13O6. The first kappa shape index (κ1) is 14.1. The van der Waals surface area contributed by atoms with Crippen molar-refractivity contribution in [1.82, 2.24) is 0 Å². The molecule has 97 valence electrons. The van der Waals surface area contributed by atoms with Crippen molar-refractivity contribution in [3.8, 4) is 0 Å². The van der Waals surface area contributed by atoms with Crippen molar-refractivity contribution < 1.29 is 29.6 Å². The van der Waals surface area contributed by atoms with E-state index in [1.165, 1.54) is 25.1 Å². The number of hydrogen-bond acceptors (Lipinski definition) is 5. The van der Waals surface area contributed by atoms with Crippen LogP contribution in [0.25, 0.3) is 0 Å². The van der Waals surface area contributed by atoms with E-state index in [1.54, 1.807) is 0 Å². The van der Waals surface area contributed by atoms with Crippen LogP contribution in [-0.2, 0) is 4.74 Å². The third kappa shape index (κ3) is 3.54. The molecule has 6 nitrogen and oxygen atoms in total. The quantitative estimate of drug-likeness (QED) is 0.531. The molecule has 3 N–H and O–H groups in total. The van der Waals surface area contributed by atoms with Gasteiger partial charge in [0.1, 0.15) is 0 Å². The summed E-state index contributed by atoms with van der Waals surface area (Å²) >= 11 is 0. The van der Waals surface area contributed by atoms with Crippen molar-refractivity contribution in [2.75, 3.05) is 0 Å². The van der Waals surface area contributed by atoms with E-state index in [0.717, 1.165) is 6.07 Å². The van der Waals surface area contributed by atoms with Crippen molar-refractivity contribution in [3.05, 3.63) is 42.3 Å². The van der Waals surface area contributed by atoms with Crippen LogP contribution in [0, 0.1) is 6.92 Å². The standard InChI is InChI=1S/C12H13O6/c1-7(12(2,16)17)18-11(15)9-5-3-4-8(6-9)10(13)14/h3-7,16-17H,2H2,1H3,(H,13,14). The van der Waals surface area contributed by atoms with Crippen LogP contribution in [0.3, 0.4) is 0 Å². The summed E-state index contributed by atoms with van der Waals surface area (Å²) in [6.45, 7) is 4.26. The summed E-state index contributed by atoms with van der Waals surface area (Å²) in [5, 5.41) is 27.0. The molecule has 0 heterocycles. The van der Waals surface area contributed by atoms with Gasteiger partial charge >= 0.3 is 11.9 Å². The van der Waals surface area contributed by atoms with Gasteiger partial charge in [-0.2, -0.15) is 0 Å². The van der Waals surface area contributed by atoms with Gasteiger partial charge in [-0.05, 0) is 25.1 Å². The fraction of sp³-hybridized carbons (Fsp3) is 0.250. The minimum absolute atomic E-state index is 0.00556. The molecule has 18 heavy (non-hydrogen) atoms. The molecule has 0 aliphatic carbocycles. The first-order chi connectivity index (χ1) is 8.21. The lowest BCUT2D eigenvalue weighted by Crippen LogP contribution is -2.40. The van der Waals surface area contributed by atoms with Crippen molar-refractivity contribution in [1.29, 1.82) is 0 Å². The average molecular weight is 253 g/mol. The Bertz CT molecular complexity index is 460. The molecule has 0 spiro atoms. The van der Waals surface area contributed by atoms with Gasteiger partial charge in [-0.15, -0.1) is 0 Å². The minimum atomic E-state index is -2.40. The molecule has 0 aliphatic heterocycles. The number of aliphatic hydroxyl groups is 2. The minimum Gasteiger partial charge on any atom is -0.478 e. The lowest BCUT2D eigenvalue weighted by atomic mass is 10.1. The predicted octanol–water partition coefficient (Wildman–Crippen LogP) is 0.445. The molecule has 1 unspecified atom stereocenters. The molecule has 0 aliphatic rings. The van der Waals surface area contributed by atoms with Crippen LogP contribution in [0.2, 0.25) is 0 Å². The van der Waals surface area contributed by atoms with Crippen LogP contribution >= 0.6 is 0 Å². The Kier molecular flexibility index (Phi) is 4.05. The first-order valence-corrected chi connectivity index (χ1v) is 5.06. The summed E-state index contributed by atoms with van der Waals surface area (Å²) < 4.78 is 4.74. The van der Waals surface area contributed by atoms with Crippen molar-refractivity contribution in [2.45, 2.75) is 18.8 Å². The Balaban J connectivity index is 2.85. The number of hydrogen-bond donors (Lipinski definition) is 3. The Morgan fingerprint density at radius 2 is 1.89 bits per heavy atom. The molecule has 0 aromatic heterocycles. The second-order valence-corrected chi connectivity index (χ2v) is 3.81. The molecule has 0 fully saturated rings. The summed E-state index contributed by atoms with van der Waals surface area (Å²) in [6.07, 6.45) is -1.25. The molecule has 0 saturated carbocycles. The molecule has 1 atom stereocenters. The first-order valence-electron chi connectivity index (χ1n) is 5.06. The maximum atomic E-state index is 11.6. The Labute approximate surface area is 103 Å². The number of carboxylic acids is 1. The smallest absolute Gasteiger partial charge is 0.338 e. The average Bonchev–Trinajstić information content (AvgIpc) is 2.27. The number of carboxylic acid groups (broad SMARTS) is 1. The number of carbonyl (C=O) groups excluding carboxylic acids is 1. The van der Waals surface area contributed by atoms with Gasteiger partial charge in [0.2, 0.25) is 5.79 Å². The van der Waals surface area contributed by atoms with E-state index in [4.69, 9.17) is 20.1 Å². The molecule has 1 rings (SSSR count). The van der Waals surface area contributed by atoms with E-state index >= 15 is 0 Å². The fourth-order valence-electron chi connectivity index (χ4n) is 1.10. The molecule has 1 aromatic rings. The second-order valence-electron chi connectivity index (χ2n) is 3.81. The number of benzene rings is 1. The van der Waals surface area contributed by atoms with Gasteiger partial charge in [-0.25, -0.2) is 9.59 Å². The number of aromatic carboxylic acids is 1. The van der Waals surface area contributed by atoms with E-state index in [1.807, 2.05) is 0 Å². The Hall–Kier alpha value is -1.92. The lowest BCUT2D eigenvalue weighted by Gasteiger charge is -2.23. The van der Waals surface area contributed by atoms with Gasteiger partial charge in [0.15, 0.2) is 6.10 Å². The summed E-state index contributed by atoms with van der Waals surface area (Å²) in [5.74, 6) is -4.43. The topological polar surface area (TPSA) is 104 Å². The number of carbonyl (C=O) groups is 2. The number of rotatable bonds is 4. The maximum Gasteiger partial charge on any atom is 0.338 e. The van der Waals surface area contributed by atoms with Crippen molar-refractivity contribution >= 4 is 11.9 Å². The van der Waals surface area contributed by atoms with Gasteiger partial charge in [0.05, 0.1) is 11.1 Å². The highest BCUT2D eigenvalue weighted by Gasteiger charge is 2.29. The fourth-order valence-corrected chi connectivity index (χ4v) is 1.10.